The van der Waals surface area contributed by atoms with Gasteiger partial charge < -0.3 is 10.2 Å². The molecule has 0 aliphatic carbocycles. The van der Waals surface area contributed by atoms with Gasteiger partial charge in [0.2, 0.25) is 11.8 Å². The molecule has 1 unspecified atom stereocenters. The molecule has 0 bridgehead atoms. The van der Waals surface area contributed by atoms with Crippen LogP contribution in [-0.4, -0.2) is 44.8 Å². The molecule has 0 aromatic heterocycles. The highest BCUT2D eigenvalue weighted by Gasteiger charge is 2.34. The van der Waals surface area contributed by atoms with Crippen molar-refractivity contribution in [2.45, 2.75) is 37.8 Å². The third-order valence-corrected chi connectivity index (χ3v) is 7.96. The predicted molar refractivity (Wildman–Crippen MR) is 142 cm³/mol. The Morgan fingerprint density at radius 3 is 2.27 bits per heavy atom. The predicted octanol–water partition coefficient (Wildman–Crippen LogP) is 4.54. The van der Waals surface area contributed by atoms with Crippen LogP contribution in [0.25, 0.3) is 0 Å². The highest BCUT2D eigenvalue weighted by molar-refractivity contribution is 7.92. The molecule has 3 aromatic rings. The first kappa shape index (κ1) is 28.1. The Labute approximate surface area is 221 Å². The molecular weight excluding hydrogens is 517 g/mol. The number of sulfonamides is 1. The van der Waals surface area contributed by atoms with Crippen molar-refractivity contribution < 1.29 is 22.4 Å². The molecule has 10 heteroatoms. The van der Waals surface area contributed by atoms with Gasteiger partial charge in [-0.05, 0) is 60.9 Å². The van der Waals surface area contributed by atoms with E-state index >= 15 is 0 Å². The van der Waals surface area contributed by atoms with E-state index in [1.54, 1.807) is 44.2 Å². The number of aryl methyl sites for hydroxylation is 1. The number of anilines is 1. The van der Waals surface area contributed by atoms with Crippen molar-refractivity contribution in [2.75, 3.05) is 17.9 Å². The van der Waals surface area contributed by atoms with Crippen LogP contribution in [0.15, 0.2) is 77.7 Å². The molecule has 1 atom stereocenters. The van der Waals surface area contributed by atoms with Gasteiger partial charge >= 0.3 is 0 Å². The van der Waals surface area contributed by atoms with E-state index in [0.717, 1.165) is 4.31 Å². The standard InChI is InChI=1S/C27H29ClFN3O4S/c1-4-24(27(34)30-3)31(17-20-11-14-22(29)15-12-20)26(33)18-32(25-16-21(28)13-10-19(25)2)37(35,36)23-8-6-5-7-9-23/h5-16,24H,4,17-18H2,1-3H3,(H,30,34). The van der Waals surface area contributed by atoms with Crippen LogP contribution in [-0.2, 0) is 26.2 Å². The quantitative estimate of drug-likeness (QED) is 0.405. The van der Waals surface area contributed by atoms with Crippen LogP contribution < -0.4 is 9.62 Å². The second-order valence-corrected chi connectivity index (χ2v) is 10.7. The van der Waals surface area contributed by atoms with E-state index in [9.17, 15) is 22.4 Å². The van der Waals surface area contributed by atoms with Gasteiger partial charge in [0, 0.05) is 18.6 Å². The van der Waals surface area contributed by atoms with Crippen LogP contribution in [0.3, 0.4) is 0 Å². The molecule has 0 spiro atoms. The van der Waals surface area contributed by atoms with Crippen molar-refractivity contribution in [3.63, 3.8) is 0 Å². The van der Waals surface area contributed by atoms with Crippen molar-refractivity contribution in [3.8, 4) is 0 Å². The van der Waals surface area contributed by atoms with Crippen molar-refractivity contribution in [2.24, 2.45) is 0 Å². The lowest BCUT2D eigenvalue weighted by atomic mass is 10.1. The summed E-state index contributed by atoms with van der Waals surface area (Å²) in [5.74, 6) is -1.43. The molecule has 0 aliphatic heterocycles. The van der Waals surface area contributed by atoms with Gasteiger partial charge in [0.15, 0.2) is 0 Å². The maximum atomic E-state index is 13.8. The third-order valence-electron chi connectivity index (χ3n) is 5.95. The van der Waals surface area contributed by atoms with Gasteiger partial charge in [-0.2, -0.15) is 0 Å². The van der Waals surface area contributed by atoms with E-state index in [2.05, 4.69) is 5.32 Å². The number of carbonyl (C=O) groups excluding carboxylic acids is 2. The summed E-state index contributed by atoms with van der Waals surface area (Å²) in [4.78, 5) is 27.8. The van der Waals surface area contributed by atoms with E-state index in [4.69, 9.17) is 11.6 Å². The Morgan fingerprint density at radius 2 is 1.68 bits per heavy atom. The van der Waals surface area contributed by atoms with E-state index in [-0.39, 0.29) is 23.5 Å². The van der Waals surface area contributed by atoms with Gasteiger partial charge in [-0.1, -0.05) is 54.9 Å². The zero-order chi connectivity index (χ0) is 27.2. The van der Waals surface area contributed by atoms with Crippen LogP contribution >= 0.6 is 11.6 Å². The molecule has 0 heterocycles. The minimum Gasteiger partial charge on any atom is -0.357 e. The van der Waals surface area contributed by atoms with Crippen molar-refractivity contribution in [1.29, 1.82) is 0 Å². The zero-order valence-corrected chi connectivity index (χ0v) is 22.4. The van der Waals surface area contributed by atoms with Gasteiger partial charge in [0.25, 0.3) is 10.0 Å². The number of carbonyl (C=O) groups is 2. The van der Waals surface area contributed by atoms with Gasteiger partial charge in [0.1, 0.15) is 18.4 Å². The number of halogens is 2. The minimum absolute atomic E-state index is 0.00519. The van der Waals surface area contributed by atoms with Crippen LogP contribution in [0.2, 0.25) is 5.02 Å². The van der Waals surface area contributed by atoms with Crippen LogP contribution in [0.4, 0.5) is 10.1 Å². The Balaban J connectivity index is 2.09. The first-order valence-electron chi connectivity index (χ1n) is 11.7. The highest BCUT2D eigenvalue weighted by Crippen LogP contribution is 2.30. The monoisotopic (exact) mass is 545 g/mol. The van der Waals surface area contributed by atoms with Gasteiger partial charge in [0.05, 0.1) is 10.6 Å². The molecule has 0 saturated heterocycles. The molecule has 3 aromatic carbocycles. The third kappa shape index (κ3) is 6.67. The highest BCUT2D eigenvalue weighted by atomic mass is 35.5. The Morgan fingerprint density at radius 1 is 1.03 bits per heavy atom. The van der Waals surface area contributed by atoms with Crippen molar-refractivity contribution in [1.82, 2.24) is 10.2 Å². The second-order valence-electron chi connectivity index (χ2n) is 8.44. The molecule has 196 valence electrons. The summed E-state index contributed by atoms with van der Waals surface area (Å²) in [5, 5.41) is 2.87. The molecule has 0 radical (unpaired) electrons. The van der Waals surface area contributed by atoms with Crippen molar-refractivity contribution >= 4 is 39.1 Å². The number of nitrogens with one attached hydrogen (secondary N) is 1. The number of amides is 2. The summed E-state index contributed by atoms with van der Waals surface area (Å²) in [6.07, 6.45) is 0.286. The number of hydrogen-bond acceptors (Lipinski definition) is 4. The Hall–Kier alpha value is -3.43. The average Bonchev–Trinajstić information content (AvgIpc) is 2.89. The summed E-state index contributed by atoms with van der Waals surface area (Å²) < 4.78 is 42.0. The molecule has 0 aliphatic rings. The lowest BCUT2D eigenvalue weighted by molar-refractivity contribution is -0.140. The molecule has 7 nitrogen and oxygen atoms in total. The maximum absolute atomic E-state index is 13.8. The summed E-state index contributed by atoms with van der Waals surface area (Å²) in [7, 11) is -2.72. The molecule has 0 saturated carbocycles. The smallest absolute Gasteiger partial charge is 0.264 e. The summed E-state index contributed by atoms with van der Waals surface area (Å²) >= 11 is 6.21. The fourth-order valence-corrected chi connectivity index (χ4v) is 5.61. The average molecular weight is 546 g/mol. The Bertz CT molecular complexity index is 1350. The molecule has 0 fully saturated rings. The fraction of sp³-hybridized carbons (Fsp3) is 0.259. The summed E-state index contributed by atoms with van der Waals surface area (Å²) in [6, 6.07) is 17.3. The van der Waals surface area contributed by atoms with Crippen LogP contribution in [0.5, 0.6) is 0 Å². The van der Waals surface area contributed by atoms with E-state index in [1.165, 1.54) is 54.4 Å². The molecule has 37 heavy (non-hydrogen) atoms. The number of nitrogens with zero attached hydrogens (tertiary/aromatic N) is 2. The number of likely N-dealkylation sites (N-methyl/N-ethyl adjacent to an activating group) is 1. The topological polar surface area (TPSA) is 86.8 Å². The van der Waals surface area contributed by atoms with E-state index < -0.39 is 40.2 Å². The number of rotatable bonds is 10. The normalized spacial score (nSPS) is 12.0. The van der Waals surface area contributed by atoms with E-state index in [1.807, 2.05) is 0 Å². The Kier molecular flexibility index (Phi) is 9.29. The fourth-order valence-electron chi connectivity index (χ4n) is 3.96. The van der Waals surface area contributed by atoms with Gasteiger partial charge in [-0.15, -0.1) is 0 Å². The lowest BCUT2D eigenvalue weighted by Gasteiger charge is -2.33. The zero-order valence-electron chi connectivity index (χ0n) is 20.8. The molecule has 2 amide bonds. The van der Waals surface area contributed by atoms with Gasteiger partial charge in [-0.25, -0.2) is 12.8 Å². The van der Waals surface area contributed by atoms with Crippen molar-refractivity contribution in [3.05, 3.63) is 94.8 Å². The largest absolute Gasteiger partial charge is 0.357 e. The SMILES string of the molecule is CCC(C(=O)NC)N(Cc1ccc(F)cc1)C(=O)CN(c1cc(Cl)ccc1C)S(=O)(=O)c1ccccc1. The first-order valence-corrected chi connectivity index (χ1v) is 13.5. The number of benzene rings is 3. The molecule has 3 rings (SSSR count). The van der Waals surface area contributed by atoms with Gasteiger partial charge in [-0.3, -0.25) is 13.9 Å². The molecule has 1 N–H and O–H groups in total. The maximum Gasteiger partial charge on any atom is 0.264 e. The molecular formula is C27H29ClFN3O4S. The number of hydrogen-bond donors (Lipinski definition) is 1. The first-order chi connectivity index (χ1) is 17.6. The summed E-state index contributed by atoms with van der Waals surface area (Å²) in [6.45, 7) is 2.88. The minimum atomic E-state index is -4.18. The lowest BCUT2D eigenvalue weighted by Crippen LogP contribution is -2.51. The summed E-state index contributed by atoms with van der Waals surface area (Å²) in [5.41, 5.74) is 1.44. The second kappa shape index (κ2) is 12.2. The van der Waals surface area contributed by atoms with E-state index in [0.29, 0.717) is 16.1 Å². The van der Waals surface area contributed by atoms with Crippen LogP contribution in [0, 0.1) is 12.7 Å². The van der Waals surface area contributed by atoms with Crippen LogP contribution in [0.1, 0.15) is 24.5 Å².